The summed E-state index contributed by atoms with van der Waals surface area (Å²) < 4.78 is 54.0. The highest BCUT2D eigenvalue weighted by atomic mass is 35.5. The number of benzene rings is 1. The van der Waals surface area contributed by atoms with Gasteiger partial charge in [0.2, 0.25) is 5.60 Å². The van der Waals surface area contributed by atoms with Crippen molar-refractivity contribution in [1.29, 1.82) is 0 Å². The SMILES string of the molecule is CCNC(=O)Nc1c(C)cc(C(O)(C(F)(F)Cl)C(F)(F)Cl)cc1C. The lowest BCUT2D eigenvalue weighted by molar-refractivity contribution is -0.224. The zero-order valence-corrected chi connectivity index (χ0v) is 14.5. The molecule has 24 heavy (non-hydrogen) atoms. The highest BCUT2D eigenvalue weighted by Crippen LogP contribution is 2.53. The van der Waals surface area contributed by atoms with Crippen molar-refractivity contribution < 1.29 is 27.5 Å². The number of aryl methyl sites for hydroxylation is 2. The van der Waals surface area contributed by atoms with Crippen LogP contribution >= 0.6 is 23.2 Å². The Balaban J connectivity index is 3.44. The third-order valence-electron chi connectivity index (χ3n) is 3.35. The first-order chi connectivity index (χ1) is 10.8. The van der Waals surface area contributed by atoms with Crippen molar-refractivity contribution in [3.8, 4) is 0 Å². The molecular weight excluding hydrogens is 375 g/mol. The first kappa shape index (κ1) is 20.8. The van der Waals surface area contributed by atoms with Crippen LogP contribution in [0.1, 0.15) is 23.6 Å². The monoisotopic (exact) mass is 390 g/mol. The first-order valence-corrected chi connectivity index (χ1v) is 7.53. The molecule has 1 rings (SSSR count). The third kappa shape index (κ3) is 3.87. The Hall–Kier alpha value is -1.25. The average molecular weight is 391 g/mol. The number of urea groups is 1. The van der Waals surface area contributed by atoms with Gasteiger partial charge in [0.05, 0.1) is 0 Å². The van der Waals surface area contributed by atoms with Crippen molar-refractivity contribution in [1.82, 2.24) is 5.32 Å². The summed E-state index contributed by atoms with van der Waals surface area (Å²) in [6.07, 6.45) is 0. The summed E-state index contributed by atoms with van der Waals surface area (Å²) >= 11 is 9.40. The predicted molar refractivity (Wildman–Crippen MR) is 84.1 cm³/mol. The lowest BCUT2D eigenvalue weighted by Gasteiger charge is -2.35. The molecule has 0 radical (unpaired) electrons. The number of hydrogen-bond donors (Lipinski definition) is 3. The van der Waals surface area contributed by atoms with E-state index in [9.17, 15) is 27.5 Å². The predicted octanol–water partition coefficient (Wildman–Crippen LogP) is 4.30. The smallest absolute Gasteiger partial charge is 0.361 e. The van der Waals surface area contributed by atoms with Gasteiger partial charge in [-0.1, -0.05) is 12.1 Å². The Bertz CT molecular complexity index is 593. The molecule has 0 fully saturated rings. The molecule has 0 saturated heterocycles. The van der Waals surface area contributed by atoms with Crippen molar-refractivity contribution in [2.45, 2.75) is 37.1 Å². The Labute approximate surface area is 146 Å². The zero-order valence-electron chi connectivity index (χ0n) is 13.0. The quantitative estimate of drug-likeness (QED) is 0.518. The van der Waals surface area contributed by atoms with Gasteiger partial charge in [-0.05, 0) is 60.7 Å². The van der Waals surface area contributed by atoms with Crippen LogP contribution in [0.25, 0.3) is 0 Å². The van der Waals surface area contributed by atoms with Crippen molar-refractivity contribution in [3.05, 3.63) is 28.8 Å². The van der Waals surface area contributed by atoms with E-state index in [-0.39, 0.29) is 16.8 Å². The fraction of sp³-hybridized carbons (Fsp3) is 0.500. The number of carbonyl (C=O) groups is 1. The van der Waals surface area contributed by atoms with Gasteiger partial charge in [0.25, 0.3) is 0 Å². The van der Waals surface area contributed by atoms with E-state index in [2.05, 4.69) is 10.6 Å². The highest BCUT2D eigenvalue weighted by molar-refractivity contribution is 6.26. The summed E-state index contributed by atoms with van der Waals surface area (Å²) in [7, 11) is 0. The normalized spacial score (nSPS) is 12.9. The van der Waals surface area contributed by atoms with Gasteiger partial charge in [-0.2, -0.15) is 17.6 Å². The summed E-state index contributed by atoms with van der Waals surface area (Å²) in [6.45, 7) is 4.81. The van der Waals surface area contributed by atoms with Gasteiger partial charge in [-0.3, -0.25) is 0 Å². The number of hydrogen-bond acceptors (Lipinski definition) is 2. The Morgan fingerprint density at radius 3 is 1.88 bits per heavy atom. The molecular formula is C14H16Cl2F4N2O2. The Morgan fingerprint density at radius 1 is 1.12 bits per heavy atom. The van der Waals surface area contributed by atoms with E-state index in [4.69, 9.17) is 23.2 Å². The summed E-state index contributed by atoms with van der Waals surface area (Å²) in [4.78, 5) is 11.6. The Morgan fingerprint density at radius 2 is 1.54 bits per heavy atom. The number of halogens is 6. The second kappa shape index (κ2) is 6.93. The maximum absolute atomic E-state index is 13.5. The van der Waals surface area contributed by atoms with E-state index in [0.29, 0.717) is 6.54 Å². The summed E-state index contributed by atoms with van der Waals surface area (Å²) in [6, 6.07) is 1.17. The molecule has 0 spiro atoms. The van der Waals surface area contributed by atoms with E-state index >= 15 is 0 Å². The first-order valence-electron chi connectivity index (χ1n) is 6.78. The maximum Gasteiger partial charge on any atom is 0.361 e. The van der Waals surface area contributed by atoms with Crippen molar-refractivity contribution in [2.75, 3.05) is 11.9 Å². The van der Waals surface area contributed by atoms with Crippen molar-refractivity contribution >= 4 is 34.9 Å². The molecule has 0 heterocycles. The van der Waals surface area contributed by atoms with Crippen LogP contribution in [0.5, 0.6) is 0 Å². The largest absolute Gasteiger partial charge is 0.372 e. The molecule has 10 heteroatoms. The summed E-state index contributed by atoms with van der Waals surface area (Å²) in [5, 5.41) is 5.33. The molecule has 0 bridgehead atoms. The molecule has 0 saturated carbocycles. The van der Waals surface area contributed by atoms with Crippen molar-refractivity contribution in [3.63, 3.8) is 0 Å². The minimum absolute atomic E-state index is 0.163. The van der Waals surface area contributed by atoms with Crippen LogP contribution in [-0.2, 0) is 5.60 Å². The van der Waals surface area contributed by atoms with E-state index in [1.807, 2.05) is 0 Å². The van der Waals surface area contributed by atoms with Crippen LogP contribution in [0.4, 0.5) is 28.0 Å². The van der Waals surface area contributed by atoms with E-state index in [1.54, 1.807) is 6.92 Å². The second-order valence-electron chi connectivity index (χ2n) is 5.18. The van der Waals surface area contributed by atoms with Crippen LogP contribution in [0.15, 0.2) is 12.1 Å². The molecule has 0 atom stereocenters. The van der Waals surface area contributed by atoms with Gasteiger partial charge in [0, 0.05) is 12.2 Å². The molecule has 1 aromatic rings. The van der Waals surface area contributed by atoms with Crippen LogP contribution < -0.4 is 10.6 Å². The standard InChI is InChI=1S/C14H16Cl2F4N2O2/c1-4-21-11(23)22-10-7(2)5-9(6-8(10)3)12(24,13(15,17)18)14(16,19)20/h5-6,24H,4H2,1-3H3,(H2,21,22,23). The molecule has 1 aromatic carbocycles. The van der Waals surface area contributed by atoms with Crippen LogP contribution in [-0.4, -0.2) is 28.4 Å². The molecule has 0 aliphatic rings. The lowest BCUT2D eigenvalue weighted by Crippen LogP contribution is -2.52. The average Bonchev–Trinajstić information content (AvgIpc) is 2.39. The Kier molecular flexibility index (Phi) is 6.01. The van der Waals surface area contributed by atoms with E-state index in [0.717, 1.165) is 12.1 Å². The van der Waals surface area contributed by atoms with Gasteiger partial charge < -0.3 is 15.7 Å². The number of amides is 2. The maximum atomic E-state index is 13.5. The molecule has 3 N–H and O–H groups in total. The number of aliphatic hydroxyl groups is 1. The van der Waals surface area contributed by atoms with Crippen LogP contribution in [0.3, 0.4) is 0 Å². The van der Waals surface area contributed by atoms with Crippen molar-refractivity contribution in [2.24, 2.45) is 0 Å². The highest BCUT2D eigenvalue weighted by Gasteiger charge is 2.68. The second-order valence-corrected chi connectivity index (χ2v) is 6.12. The molecule has 0 aromatic heterocycles. The van der Waals surface area contributed by atoms with E-state index < -0.39 is 28.0 Å². The number of nitrogens with one attached hydrogen (secondary N) is 2. The molecule has 136 valence electrons. The summed E-state index contributed by atoms with van der Waals surface area (Å²) in [5.74, 6) is 0. The van der Waals surface area contributed by atoms with Gasteiger partial charge >= 0.3 is 16.8 Å². The summed E-state index contributed by atoms with van der Waals surface area (Å²) in [5.41, 5.74) is -4.46. The fourth-order valence-electron chi connectivity index (χ4n) is 2.18. The van der Waals surface area contributed by atoms with Crippen LogP contribution in [0, 0.1) is 13.8 Å². The number of anilines is 1. The topological polar surface area (TPSA) is 61.4 Å². The van der Waals surface area contributed by atoms with Gasteiger partial charge in [0.1, 0.15) is 0 Å². The molecule has 0 aliphatic carbocycles. The third-order valence-corrected chi connectivity index (χ3v) is 3.89. The van der Waals surface area contributed by atoms with Gasteiger partial charge in [-0.15, -0.1) is 0 Å². The van der Waals surface area contributed by atoms with Gasteiger partial charge in [-0.25, -0.2) is 4.79 Å². The number of rotatable bonds is 5. The number of carbonyl (C=O) groups excluding carboxylic acids is 1. The molecule has 2 amide bonds. The lowest BCUT2D eigenvalue weighted by atomic mass is 9.90. The fourth-order valence-corrected chi connectivity index (χ4v) is 2.68. The minimum atomic E-state index is -4.74. The molecule has 0 unspecified atom stereocenters. The van der Waals surface area contributed by atoms with Crippen LogP contribution in [0.2, 0.25) is 0 Å². The zero-order chi connectivity index (χ0) is 18.9. The molecule has 4 nitrogen and oxygen atoms in total. The van der Waals surface area contributed by atoms with E-state index in [1.165, 1.54) is 13.8 Å². The minimum Gasteiger partial charge on any atom is -0.372 e. The number of alkyl halides is 6. The molecule has 0 aliphatic heterocycles. The van der Waals surface area contributed by atoms with Gasteiger partial charge in [0.15, 0.2) is 0 Å².